The smallest absolute Gasteiger partial charge is 0.230 e. The van der Waals surface area contributed by atoms with Gasteiger partial charge in [-0.15, -0.1) is 0 Å². The highest BCUT2D eigenvalue weighted by Crippen LogP contribution is 2.26. The predicted molar refractivity (Wildman–Crippen MR) is 90.5 cm³/mol. The average Bonchev–Trinajstić information content (AvgIpc) is 2.86. The molecule has 0 saturated heterocycles. The van der Waals surface area contributed by atoms with Gasteiger partial charge in [0, 0.05) is 22.8 Å². The maximum Gasteiger partial charge on any atom is 0.230 e. The Bertz CT molecular complexity index is 852. The van der Waals surface area contributed by atoms with Crippen LogP contribution in [0.2, 0.25) is 5.02 Å². The van der Waals surface area contributed by atoms with E-state index in [0.717, 1.165) is 11.0 Å². The van der Waals surface area contributed by atoms with Gasteiger partial charge >= 0.3 is 0 Å². The molecule has 0 spiro atoms. The van der Waals surface area contributed by atoms with Gasteiger partial charge in [0.2, 0.25) is 5.95 Å². The Labute approximate surface area is 133 Å². The summed E-state index contributed by atoms with van der Waals surface area (Å²) in [7, 11) is 0. The van der Waals surface area contributed by atoms with Crippen LogP contribution < -0.4 is 0 Å². The molecule has 3 aromatic rings. The summed E-state index contributed by atoms with van der Waals surface area (Å²) in [6.07, 6.45) is 1.58. The fourth-order valence-electron chi connectivity index (χ4n) is 2.39. The molecule has 4 nitrogen and oxygen atoms in total. The molecular weight excluding hydrogens is 298 g/mol. The van der Waals surface area contributed by atoms with Gasteiger partial charge in [-0.25, -0.2) is 9.98 Å². The van der Waals surface area contributed by atoms with Gasteiger partial charge in [-0.05, 0) is 44.2 Å². The topological polar surface area (TPSA) is 50.4 Å². The summed E-state index contributed by atoms with van der Waals surface area (Å²) < 4.78 is 2.06. The lowest BCUT2D eigenvalue weighted by molar-refractivity contribution is 0.474. The maximum atomic E-state index is 9.85. The molecule has 22 heavy (non-hydrogen) atoms. The highest BCUT2D eigenvalue weighted by molar-refractivity contribution is 6.30. The van der Waals surface area contributed by atoms with Crippen LogP contribution in [-0.4, -0.2) is 20.9 Å². The summed E-state index contributed by atoms with van der Waals surface area (Å²) >= 11 is 5.95. The first-order valence-electron chi connectivity index (χ1n) is 7.06. The van der Waals surface area contributed by atoms with Crippen molar-refractivity contribution in [1.29, 1.82) is 0 Å². The summed E-state index contributed by atoms with van der Waals surface area (Å²) in [6.45, 7) is 4.17. The van der Waals surface area contributed by atoms with Gasteiger partial charge in [-0.3, -0.25) is 0 Å². The Balaban J connectivity index is 2.08. The lowest BCUT2D eigenvalue weighted by Gasteiger charge is -2.10. The maximum absolute atomic E-state index is 9.85. The molecule has 0 saturated carbocycles. The molecule has 0 amide bonds. The molecule has 0 bridgehead atoms. The van der Waals surface area contributed by atoms with Gasteiger partial charge < -0.3 is 9.67 Å². The summed E-state index contributed by atoms with van der Waals surface area (Å²) in [6, 6.07) is 13.0. The van der Waals surface area contributed by atoms with Crippen LogP contribution >= 0.6 is 11.6 Å². The highest BCUT2D eigenvalue weighted by atomic mass is 35.5. The molecule has 0 aliphatic heterocycles. The Morgan fingerprint density at radius 3 is 2.77 bits per heavy atom. The fraction of sp³-hybridized carbons (Fsp3) is 0.176. The number of aromatic hydroxyl groups is 1. The molecule has 112 valence electrons. The van der Waals surface area contributed by atoms with E-state index in [9.17, 15) is 5.11 Å². The number of benzene rings is 2. The molecule has 1 N–H and O–H groups in total. The van der Waals surface area contributed by atoms with E-state index in [-0.39, 0.29) is 11.8 Å². The van der Waals surface area contributed by atoms with Crippen LogP contribution in [0.15, 0.2) is 47.5 Å². The van der Waals surface area contributed by atoms with E-state index in [1.54, 1.807) is 24.4 Å². The van der Waals surface area contributed by atoms with E-state index in [2.05, 4.69) is 28.4 Å². The Kier molecular flexibility index (Phi) is 3.86. The van der Waals surface area contributed by atoms with Gasteiger partial charge in [0.15, 0.2) is 0 Å². The molecular formula is C17H16ClN3O. The van der Waals surface area contributed by atoms with Crippen molar-refractivity contribution in [3.63, 3.8) is 0 Å². The number of halogens is 1. The van der Waals surface area contributed by atoms with Crippen LogP contribution in [0.1, 0.15) is 25.5 Å². The van der Waals surface area contributed by atoms with Crippen molar-refractivity contribution in [3.05, 3.63) is 53.1 Å². The van der Waals surface area contributed by atoms with Crippen LogP contribution in [0, 0.1) is 0 Å². The van der Waals surface area contributed by atoms with Crippen molar-refractivity contribution < 1.29 is 5.11 Å². The van der Waals surface area contributed by atoms with E-state index < -0.39 is 0 Å². The van der Waals surface area contributed by atoms with Gasteiger partial charge in [-0.2, -0.15) is 0 Å². The number of imidazole rings is 1. The zero-order chi connectivity index (χ0) is 15.7. The molecule has 0 unspecified atom stereocenters. The summed E-state index contributed by atoms with van der Waals surface area (Å²) in [5.74, 6) is 0.746. The Hall–Kier alpha value is -2.33. The first kappa shape index (κ1) is 14.6. The Morgan fingerprint density at radius 1 is 1.23 bits per heavy atom. The molecule has 2 aromatic carbocycles. The van der Waals surface area contributed by atoms with Gasteiger partial charge in [0.25, 0.3) is 0 Å². The second-order valence-electron chi connectivity index (χ2n) is 5.33. The van der Waals surface area contributed by atoms with E-state index in [0.29, 0.717) is 16.5 Å². The summed E-state index contributed by atoms with van der Waals surface area (Å²) in [4.78, 5) is 9.00. The molecule has 3 rings (SSSR count). The minimum atomic E-state index is 0.139. The number of hydrogen-bond donors (Lipinski definition) is 1. The molecule has 0 aliphatic rings. The highest BCUT2D eigenvalue weighted by Gasteiger charge is 2.11. The number of para-hydroxylation sites is 2. The number of aliphatic imine (C=N–C) groups is 1. The number of phenolic OH excluding ortho intramolecular Hbond substituents is 1. The Morgan fingerprint density at radius 2 is 2.00 bits per heavy atom. The molecule has 0 radical (unpaired) electrons. The third kappa shape index (κ3) is 2.70. The van der Waals surface area contributed by atoms with E-state index in [1.165, 1.54) is 0 Å². The van der Waals surface area contributed by atoms with Crippen LogP contribution in [0.4, 0.5) is 5.95 Å². The zero-order valence-electron chi connectivity index (χ0n) is 12.4. The summed E-state index contributed by atoms with van der Waals surface area (Å²) in [5, 5.41) is 10.4. The number of nitrogens with zero attached hydrogens (tertiary/aromatic N) is 3. The first-order chi connectivity index (χ1) is 10.6. The minimum absolute atomic E-state index is 0.139. The van der Waals surface area contributed by atoms with Gasteiger partial charge in [0.05, 0.1) is 11.0 Å². The average molecular weight is 314 g/mol. The van der Waals surface area contributed by atoms with Crippen LogP contribution in [0.5, 0.6) is 5.75 Å². The van der Waals surface area contributed by atoms with Crippen molar-refractivity contribution >= 4 is 34.8 Å². The lowest BCUT2D eigenvalue weighted by Crippen LogP contribution is -1.99. The van der Waals surface area contributed by atoms with Gasteiger partial charge in [-0.1, -0.05) is 23.7 Å². The molecule has 0 atom stereocenters. The number of phenols is 1. The molecule has 5 heteroatoms. The van der Waals surface area contributed by atoms with Crippen molar-refractivity contribution in [1.82, 2.24) is 9.55 Å². The van der Waals surface area contributed by atoms with Crippen LogP contribution in [0.3, 0.4) is 0 Å². The molecule has 0 fully saturated rings. The standard InChI is InChI=1S/C17H16ClN3O/c1-11(2)21-15-6-4-3-5-14(15)20-17(21)19-10-12-9-13(18)7-8-16(12)22/h3-11,22H,1-2H3/b19-10+. The van der Waals surface area contributed by atoms with E-state index in [4.69, 9.17) is 11.6 Å². The fourth-order valence-corrected chi connectivity index (χ4v) is 2.57. The van der Waals surface area contributed by atoms with Crippen molar-refractivity contribution in [3.8, 4) is 5.75 Å². The second-order valence-corrected chi connectivity index (χ2v) is 5.76. The monoisotopic (exact) mass is 313 g/mol. The van der Waals surface area contributed by atoms with Gasteiger partial charge in [0.1, 0.15) is 5.75 Å². The molecule has 1 aromatic heterocycles. The van der Waals surface area contributed by atoms with E-state index >= 15 is 0 Å². The number of fused-ring (bicyclic) bond motifs is 1. The second kappa shape index (κ2) is 5.81. The van der Waals surface area contributed by atoms with Crippen molar-refractivity contribution in [2.75, 3.05) is 0 Å². The summed E-state index contributed by atoms with van der Waals surface area (Å²) in [5.41, 5.74) is 2.51. The zero-order valence-corrected chi connectivity index (χ0v) is 13.1. The minimum Gasteiger partial charge on any atom is -0.507 e. The number of rotatable bonds is 3. The van der Waals surface area contributed by atoms with E-state index in [1.807, 2.05) is 24.3 Å². The molecule has 0 aliphatic carbocycles. The van der Waals surface area contributed by atoms with Crippen LogP contribution in [0.25, 0.3) is 11.0 Å². The van der Waals surface area contributed by atoms with Crippen LogP contribution in [-0.2, 0) is 0 Å². The SMILES string of the molecule is CC(C)n1c(/N=C/c2cc(Cl)ccc2O)nc2ccccc21. The third-order valence-electron chi connectivity index (χ3n) is 3.40. The normalized spacial score (nSPS) is 11.8. The largest absolute Gasteiger partial charge is 0.507 e. The quantitative estimate of drug-likeness (QED) is 0.711. The predicted octanol–water partition coefficient (Wildman–Crippen LogP) is 4.73. The lowest BCUT2D eigenvalue weighted by atomic mass is 10.2. The molecule has 1 heterocycles. The third-order valence-corrected chi connectivity index (χ3v) is 3.64. The number of hydrogen-bond acceptors (Lipinski definition) is 3. The van der Waals surface area contributed by atoms with Crippen molar-refractivity contribution in [2.45, 2.75) is 19.9 Å². The number of aromatic nitrogens is 2. The first-order valence-corrected chi connectivity index (χ1v) is 7.43. The van der Waals surface area contributed by atoms with Crippen molar-refractivity contribution in [2.24, 2.45) is 4.99 Å².